The Kier molecular flexibility index (Phi) is 4.00. The molecule has 0 aliphatic carbocycles. The van der Waals surface area contributed by atoms with Crippen molar-refractivity contribution in [2.24, 2.45) is 5.84 Å². The molecule has 0 fully saturated rings. The highest BCUT2D eigenvalue weighted by molar-refractivity contribution is 6.07. The number of hydrazine groups is 1. The zero-order valence-electron chi connectivity index (χ0n) is 11.8. The summed E-state index contributed by atoms with van der Waals surface area (Å²) in [6, 6.07) is 9.23. The fourth-order valence-corrected chi connectivity index (χ4v) is 2.06. The molecule has 0 aliphatic rings. The van der Waals surface area contributed by atoms with Gasteiger partial charge in [0.05, 0.1) is 11.3 Å². The summed E-state index contributed by atoms with van der Waals surface area (Å²) >= 11 is 0. The fourth-order valence-electron chi connectivity index (χ4n) is 2.06. The van der Waals surface area contributed by atoms with Gasteiger partial charge in [0.25, 0.3) is 5.91 Å². The van der Waals surface area contributed by atoms with Crippen LogP contribution in [0.1, 0.15) is 27.2 Å². The van der Waals surface area contributed by atoms with Crippen LogP contribution in [0.4, 0.5) is 11.5 Å². The van der Waals surface area contributed by atoms with E-state index in [0.29, 0.717) is 17.1 Å². The van der Waals surface area contributed by atoms with E-state index in [0.717, 1.165) is 16.8 Å². The summed E-state index contributed by atoms with van der Waals surface area (Å²) in [5, 5.41) is 2.80. The first kappa shape index (κ1) is 14.0. The van der Waals surface area contributed by atoms with Crippen molar-refractivity contribution < 1.29 is 4.79 Å². The highest BCUT2D eigenvalue weighted by Gasteiger charge is 2.12. The number of aromatic nitrogens is 1. The monoisotopic (exact) mass is 270 g/mol. The number of amides is 1. The third-order valence-electron chi connectivity index (χ3n) is 2.91. The predicted octanol–water partition coefficient (Wildman–Crippen LogP) is 2.54. The maximum Gasteiger partial charge on any atom is 0.258 e. The molecule has 4 N–H and O–H groups in total. The van der Waals surface area contributed by atoms with Gasteiger partial charge in [0, 0.05) is 5.69 Å². The van der Waals surface area contributed by atoms with Crippen molar-refractivity contribution in [2.75, 3.05) is 10.7 Å². The van der Waals surface area contributed by atoms with Crippen LogP contribution in [0.5, 0.6) is 0 Å². The summed E-state index contributed by atoms with van der Waals surface area (Å²) in [6.07, 6.45) is 0. The summed E-state index contributed by atoms with van der Waals surface area (Å²) in [7, 11) is 0. The first-order valence-electron chi connectivity index (χ1n) is 6.33. The maximum atomic E-state index is 12.3. The summed E-state index contributed by atoms with van der Waals surface area (Å²) in [4.78, 5) is 16.6. The molecule has 0 radical (unpaired) electrons. The average Bonchev–Trinajstić information content (AvgIpc) is 2.37. The van der Waals surface area contributed by atoms with Crippen LogP contribution < -0.4 is 16.6 Å². The molecule has 0 atom stereocenters. The molecule has 1 heterocycles. The van der Waals surface area contributed by atoms with E-state index in [1.165, 1.54) is 0 Å². The quantitative estimate of drug-likeness (QED) is 0.591. The summed E-state index contributed by atoms with van der Waals surface area (Å²) in [5.41, 5.74) is 6.51. The minimum atomic E-state index is -0.237. The van der Waals surface area contributed by atoms with Crippen molar-refractivity contribution in [3.63, 3.8) is 0 Å². The Labute approximate surface area is 118 Å². The number of nitrogens with zero attached hydrogens (tertiary/aromatic N) is 1. The molecular weight excluding hydrogens is 252 g/mol. The van der Waals surface area contributed by atoms with Crippen LogP contribution in [-0.4, -0.2) is 10.9 Å². The van der Waals surface area contributed by atoms with Crippen molar-refractivity contribution in [1.29, 1.82) is 0 Å². The van der Waals surface area contributed by atoms with Crippen molar-refractivity contribution in [1.82, 2.24) is 4.98 Å². The van der Waals surface area contributed by atoms with Crippen molar-refractivity contribution in [3.05, 3.63) is 52.7 Å². The van der Waals surface area contributed by atoms with E-state index in [-0.39, 0.29) is 5.91 Å². The van der Waals surface area contributed by atoms with E-state index < -0.39 is 0 Å². The Bertz CT molecular complexity index is 632. The molecule has 2 aromatic rings. The molecule has 0 bridgehead atoms. The molecule has 0 spiro atoms. The van der Waals surface area contributed by atoms with Crippen LogP contribution in [0.2, 0.25) is 0 Å². The number of benzene rings is 1. The Morgan fingerprint density at radius 3 is 2.50 bits per heavy atom. The second-order valence-corrected chi connectivity index (χ2v) is 4.82. The SMILES string of the molecule is Cc1cc(C)nc(NC(=O)c2cc(C)ccc2NN)c1. The van der Waals surface area contributed by atoms with Crippen molar-refractivity contribution in [3.8, 4) is 0 Å². The molecule has 0 saturated heterocycles. The van der Waals surface area contributed by atoms with Gasteiger partial charge in [0.2, 0.25) is 0 Å². The van der Waals surface area contributed by atoms with Crippen molar-refractivity contribution in [2.45, 2.75) is 20.8 Å². The van der Waals surface area contributed by atoms with Gasteiger partial charge in [-0.05, 0) is 50.6 Å². The second-order valence-electron chi connectivity index (χ2n) is 4.82. The van der Waals surface area contributed by atoms with Crippen LogP contribution >= 0.6 is 0 Å². The highest BCUT2D eigenvalue weighted by Crippen LogP contribution is 2.18. The predicted molar refractivity (Wildman–Crippen MR) is 80.7 cm³/mol. The third-order valence-corrected chi connectivity index (χ3v) is 2.91. The number of carbonyl (C=O) groups is 1. The second kappa shape index (κ2) is 5.71. The number of nitrogens with two attached hydrogens (primary N) is 1. The highest BCUT2D eigenvalue weighted by atomic mass is 16.1. The summed E-state index contributed by atoms with van der Waals surface area (Å²) in [6.45, 7) is 5.78. The molecule has 104 valence electrons. The number of pyridine rings is 1. The lowest BCUT2D eigenvalue weighted by Gasteiger charge is -2.11. The van der Waals surface area contributed by atoms with E-state index in [2.05, 4.69) is 15.7 Å². The molecule has 0 aliphatic heterocycles. The Balaban J connectivity index is 2.30. The number of carbonyl (C=O) groups excluding carboxylic acids is 1. The molecule has 5 heteroatoms. The molecule has 2 rings (SSSR count). The van der Waals surface area contributed by atoms with Gasteiger partial charge in [-0.2, -0.15) is 0 Å². The molecular formula is C15H18N4O. The van der Waals surface area contributed by atoms with Gasteiger partial charge in [-0.15, -0.1) is 0 Å². The number of anilines is 2. The number of rotatable bonds is 3. The lowest BCUT2D eigenvalue weighted by atomic mass is 10.1. The van der Waals surface area contributed by atoms with Gasteiger partial charge in [-0.1, -0.05) is 11.6 Å². The topological polar surface area (TPSA) is 80.0 Å². The lowest BCUT2D eigenvalue weighted by molar-refractivity contribution is 0.102. The first-order chi connectivity index (χ1) is 9.49. The van der Waals surface area contributed by atoms with Crippen LogP contribution in [0, 0.1) is 20.8 Å². The molecule has 0 saturated carbocycles. The molecule has 20 heavy (non-hydrogen) atoms. The summed E-state index contributed by atoms with van der Waals surface area (Å²) in [5.74, 6) is 5.74. The van der Waals surface area contributed by atoms with Crippen LogP contribution in [0.25, 0.3) is 0 Å². The van der Waals surface area contributed by atoms with Crippen molar-refractivity contribution >= 4 is 17.4 Å². The first-order valence-corrected chi connectivity index (χ1v) is 6.33. The minimum absolute atomic E-state index is 0.237. The standard InChI is InChI=1S/C15H18N4O/c1-9-4-5-13(19-16)12(7-9)15(20)18-14-8-10(2)6-11(3)17-14/h4-8,19H,16H2,1-3H3,(H,17,18,20). The molecule has 5 nitrogen and oxygen atoms in total. The van der Waals surface area contributed by atoms with E-state index in [1.807, 2.05) is 39.0 Å². The summed E-state index contributed by atoms with van der Waals surface area (Å²) < 4.78 is 0. The molecule has 0 unspecified atom stereocenters. The number of nitrogens with one attached hydrogen (secondary N) is 2. The van der Waals surface area contributed by atoms with Gasteiger partial charge in [0.1, 0.15) is 5.82 Å². The Morgan fingerprint density at radius 1 is 1.10 bits per heavy atom. The third kappa shape index (κ3) is 3.13. The van der Waals surface area contributed by atoms with Gasteiger partial charge >= 0.3 is 0 Å². The molecule has 1 aromatic carbocycles. The van der Waals surface area contributed by atoms with Gasteiger partial charge in [-0.3, -0.25) is 10.6 Å². The zero-order valence-corrected chi connectivity index (χ0v) is 11.8. The van der Waals surface area contributed by atoms with Gasteiger partial charge in [0.15, 0.2) is 0 Å². The Morgan fingerprint density at radius 2 is 1.85 bits per heavy atom. The van der Waals surface area contributed by atoms with E-state index in [9.17, 15) is 4.79 Å². The Hall–Kier alpha value is -2.40. The average molecular weight is 270 g/mol. The number of aryl methyl sites for hydroxylation is 3. The maximum absolute atomic E-state index is 12.3. The van der Waals surface area contributed by atoms with Gasteiger partial charge < -0.3 is 10.7 Å². The lowest BCUT2D eigenvalue weighted by Crippen LogP contribution is -2.18. The number of nitrogen functional groups attached to an aromatic ring is 1. The van der Waals surface area contributed by atoms with E-state index >= 15 is 0 Å². The van der Waals surface area contributed by atoms with Crippen LogP contribution in [0.15, 0.2) is 30.3 Å². The van der Waals surface area contributed by atoms with Crippen LogP contribution in [0.3, 0.4) is 0 Å². The largest absolute Gasteiger partial charge is 0.323 e. The minimum Gasteiger partial charge on any atom is -0.323 e. The normalized spacial score (nSPS) is 10.2. The van der Waals surface area contributed by atoms with Crippen LogP contribution in [-0.2, 0) is 0 Å². The van der Waals surface area contributed by atoms with E-state index in [1.54, 1.807) is 12.1 Å². The number of hydrogen-bond acceptors (Lipinski definition) is 4. The fraction of sp³-hybridized carbons (Fsp3) is 0.200. The number of hydrogen-bond donors (Lipinski definition) is 3. The molecule has 1 aromatic heterocycles. The van der Waals surface area contributed by atoms with E-state index in [4.69, 9.17) is 5.84 Å². The zero-order chi connectivity index (χ0) is 14.7. The smallest absolute Gasteiger partial charge is 0.258 e. The molecule has 1 amide bonds. The van der Waals surface area contributed by atoms with Gasteiger partial charge in [-0.25, -0.2) is 4.98 Å².